The van der Waals surface area contributed by atoms with Crippen LogP contribution in [0, 0.1) is 5.92 Å². The van der Waals surface area contributed by atoms with Crippen LogP contribution in [0.1, 0.15) is 31.2 Å². The average molecular weight is 302 g/mol. The van der Waals surface area contributed by atoms with Gasteiger partial charge in [-0.15, -0.1) is 11.8 Å². The molecular weight excluding hydrogens is 276 g/mol. The third kappa shape index (κ3) is 3.64. The summed E-state index contributed by atoms with van der Waals surface area (Å²) in [6.45, 7) is 5.11. The zero-order valence-corrected chi connectivity index (χ0v) is 13.6. The van der Waals surface area contributed by atoms with Crippen LogP contribution in [-0.4, -0.2) is 42.4 Å². The van der Waals surface area contributed by atoms with E-state index in [1.165, 1.54) is 63.2 Å². The summed E-state index contributed by atoms with van der Waals surface area (Å²) in [7, 11) is 0. The van der Waals surface area contributed by atoms with Crippen molar-refractivity contribution in [1.82, 2.24) is 10.2 Å². The van der Waals surface area contributed by atoms with Gasteiger partial charge in [0.1, 0.15) is 0 Å². The molecule has 0 amide bonds. The maximum atomic E-state index is 3.67. The fourth-order valence-corrected chi connectivity index (χ4v) is 5.12. The number of rotatable bonds is 6. The minimum atomic E-state index is 0.748. The van der Waals surface area contributed by atoms with Crippen LogP contribution in [0.5, 0.6) is 0 Å². The van der Waals surface area contributed by atoms with Crippen LogP contribution in [0.4, 0.5) is 0 Å². The molecule has 4 rings (SSSR count). The lowest BCUT2D eigenvalue weighted by Gasteiger charge is -2.28. The molecule has 1 aromatic rings. The van der Waals surface area contributed by atoms with Gasteiger partial charge in [0.15, 0.2) is 0 Å². The van der Waals surface area contributed by atoms with Crippen molar-refractivity contribution in [1.29, 1.82) is 0 Å². The van der Waals surface area contributed by atoms with Gasteiger partial charge in [0.05, 0.1) is 0 Å². The predicted molar refractivity (Wildman–Crippen MR) is 90.0 cm³/mol. The van der Waals surface area contributed by atoms with Crippen molar-refractivity contribution in [3.05, 3.63) is 29.8 Å². The highest BCUT2D eigenvalue weighted by atomic mass is 32.2. The summed E-state index contributed by atoms with van der Waals surface area (Å²) in [6, 6.07) is 9.72. The molecule has 1 saturated carbocycles. The van der Waals surface area contributed by atoms with Gasteiger partial charge in [-0.2, -0.15) is 0 Å². The molecule has 1 aliphatic carbocycles. The van der Waals surface area contributed by atoms with Crippen molar-refractivity contribution in [2.24, 2.45) is 5.92 Å². The molecule has 1 N–H and O–H groups in total. The van der Waals surface area contributed by atoms with E-state index in [0.717, 1.165) is 17.2 Å². The number of thioether (sulfide) groups is 1. The van der Waals surface area contributed by atoms with Crippen LogP contribution in [0.3, 0.4) is 0 Å². The maximum Gasteiger partial charge on any atom is 0.0263 e. The molecular formula is C18H26N2S. The van der Waals surface area contributed by atoms with Gasteiger partial charge in [-0.3, -0.25) is 0 Å². The summed E-state index contributed by atoms with van der Waals surface area (Å²) in [5.74, 6) is 1.00. The summed E-state index contributed by atoms with van der Waals surface area (Å²) >= 11 is 2.11. The van der Waals surface area contributed by atoms with Crippen molar-refractivity contribution < 1.29 is 0 Å². The van der Waals surface area contributed by atoms with Crippen LogP contribution in [0.2, 0.25) is 0 Å². The van der Waals surface area contributed by atoms with E-state index in [2.05, 4.69) is 46.2 Å². The third-order valence-corrected chi connectivity index (χ3v) is 6.33. The fourth-order valence-electron chi connectivity index (χ4n) is 3.76. The van der Waals surface area contributed by atoms with Gasteiger partial charge in [0, 0.05) is 35.8 Å². The van der Waals surface area contributed by atoms with E-state index in [4.69, 9.17) is 0 Å². The van der Waals surface area contributed by atoms with E-state index in [1.54, 1.807) is 5.56 Å². The van der Waals surface area contributed by atoms with E-state index in [9.17, 15) is 0 Å². The van der Waals surface area contributed by atoms with Crippen molar-refractivity contribution in [2.45, 2.75) is 48.3 Å². The molecule has 2 heterocycles. The van der Waals surface area contributed by atoms with Gasteiger partial charge in [-0.05, 0) is 56.2 Å². The fraction of sp³-hybridized carbons (Fsp3) is 0.667. The molecule has 21 heavy (non-hydrogen) atoms. The molecule has 3 heteroatoms. The highest BCUT2D eigenvalue weighted by molar-refractivity contribution is 8.00. The average Bonchev–Trinajstić information content (AvgIpc) is 3.00. The predicted octanol–water partition coefficient (Wildman–Crippen LogP) is 3.17. The summed E-state index contributed by atoms with van der Waals surface area (Å²) in [5.41, 5.74) is 1.57. The summed E-state index contributed by atoms with van der Waals surface area (Å²) in [6.07, 6.45) is 6.93. The Hall–Kier alpha value is -0.510. The van der Waals surface area contributed by atoms with E-state index in [0.29, 0.717) is 0 Å². The number of nitrogens with one attached hydrogen (secondary N) is 1. The Balaban J connectivity index is 1.35. The molecule has 0 bridgehead atoms. The SMILES string of the molecule is c1ccc2c(c1)CC(CN(CC1CC1)CC1CCCN1)S2. The molecule has 0 aromatic heterocycles. The van der Waals surface area contributed by atoms with E-state index >= 15 is 0 Å². The standard InChI is InChI=1S/C18H26N2S/c1-2-6-18-15(4-1)10-17(21-18)13-20(11-14-7-8-14)12-16-5-3-9-19-16/h1-2,4,6,14,16-17,19H,3,5,7-13H2. The monoisotopic (exact) mass is 302 g/mol. The quantitative estimate of drug-likeness (QED) is 0.869. The maximum absolute atomic E-state index is 3.67. The highest BCUT2D eigenvalue weighted by Crippen LogP contribution is 2.38. The Morgan fingerprint density at radius 3 is 2.76 bits per heavy atom. The Morgan fingerprint density at radius 2 is 2.00 bits per heavy atom. The first-order valence-electron chi connectivity index (χ1n) is 8.57. The van der Waals surface area contributed by atoms with Gasteiger partial charge < -0.3 is 10.2 Å². The van der Waals surface area contributed by atoms with E-state index in [1.807, 2.05) is 0 Å². The Bertz CT molecular complexity index is 455. The lowest BCUT2D eigenvalue weighted by atomic mass is 10.1. The highest BCUT2D eigenvalue weighted by Gasteiger charge is 2.30. The number of fused-ring (bicyclic) bond motifs is 1. The Labute approximate surface area is 132 Å². The number of benzene rings is 1. The van der Waals surface area contributed by atoms with Gasteiger partial charge in [-0.25, -0.2) is 0 Å². The molecule has 2 nitrogen and oxygen atoms in total. The topological polar surface area (TPSA) is 15.3 Å². The zero-order chi connectivity index (χ0) is 14.1. The smallest absolute Gasteiger partial charge is 0.0263 e. The molecule has 3 aliphatic rings. The van der Waals surface area contributed by atoms with Crippen molar-refractivity contribution >= 4 is 11.8 Å². The Morgan fingerprint density at radius 1 is 1.10 bits per heavy atom. The molecule has 2 fully saturated rings. The molecule has 0 radical (unpaired) electrons. The third-order valence-electron chi connectivity index (χ3n) is 5.03. The molecule has 114 valence electrons. The van der Waals surface area contributed by atoms with Crippen molar-refractivity contribution in [3.63, 3.8) is 0 Å². The molecule has 0 spiro atoms. The molecule has 2 aliphatic heterocycles. The molecule has 1 saturated heterocycles. The second kappa shape index (κ2) is 6.31. The largest absolute Gasteiger partial charge is 0.313 e. The lowest BCUT2D eigenvalue weighted by Crippen LogP contribution is -2.41. The lowest BCUT2D eigenvalue weighted by molar-refractivity contribution is 0.240. The van der Waals surface area contributed by atoms with E-state index < -0.39 is 0 Å². The number of nitrogens with zero attached hydrogens (tertiary/aromatic N) is 1. The first kappa shape index (κ1) is 14.1. The van der Waals surface area contributed by atoms with Crippen LogP contribution in [-0.2, 0) is 6.42 Å². The van der Waals surface area contributed by atoms with Gasteiger partial charge in [0.25, 0.3) is 0 Å². The summed E-state index contributed by atoms with van der Waals surface area (Å²) in [5, 5.41) is 4.44. The first-order valence-corrected chi connectivity index (χ1v) is 9.45. The second-order valence-corrected chi connectivity index (χ2v) is 8.35. The minimum Gasteiger partial charge on any atom is -0.313 e. The molecule has 2 unspecified atom stereocenters. The second-order valence-electron chi connectivity index (χ2n) is 7.01. The van der Waals surface area contributed by atoms with Gasteiger partial charge in [-0.1, -0.05) is 18.2 Å². The van der Waals surface area contributed by atoms with Gasteiger partial charge in [0.2, 0.25) is 0 Å². The van der Waals surface area contributed by atoms with E-state index in [-0.39, 0.29) is 0 Å². The van der Waals surface area contributed by atoms with Crippen LogP contribution < -0.4 is 5.32 Å². The first-order chi connectivity index (χ1) is 10.4. The van der Waals surface area contributed by atoms with Gasteiger partial charge >= 0.3 is 0 Å². The summed E-state index contributed by atoms with van der Waals surface area (Å²) in [4.78, 5) is 4.29. The summed E-state index contributed by atoms with van der Waals surface area (Å²) < 4.78 is 0. The normalized spacial score (nSPS) is 28.2. The minimum absolute atomic E-state index is 0.748. The van der Waals surface area contributed by atoms with Crippen molar-refractivity contribution in [2.75, 3.05) is 26.2 Å². The number of hydrogen-bond donors (Lipinski definition) is 1. The number of hydrogen-bond acceptors (Lipinski definition) is 3. The van der Waals surface area contributed by atoms with Crippen LogP contribution >= 0.6 is 11.8 Å². The van der Waals surface area contributed by atoms with Crippen LogP contribution in [0.15, 0.2) is 29.2 Å². The zero-order valence-electron chi connectivity index (χ0n) is 12.8. The van der Waals surface area contributed by atoms with Crippen molar-refractivity contribution in [3.8, 4) is 0 Å². The van der Waals surface area contributed by atoms with Crippen LogP contribution in [0.25, 0.3) is 0 Å². The Kier molecular flexibility index (Phi) is 4.24. The molecule has 2 atom stereocenters. The molecule has 1 aromatic carbocycles.